The molecule has 2 atom stereocenters. The highest BCUT2D eigenvalue weighted by atomic mass is 16.5. The molecule has 0 saturated carbocycles. The molecule has 2 aromatic heterocycles. The molecular weight excluding hydrogens is 420 g/mol. The number of amides is 1. The summed E-state index contributed by atoms with van der Waals surface area (Å²) in [5.74, 6) is -0.164. The highest BCUT2D eigenvalue weighted by molar-refractivity contribution is 6.05. The standard InChI is InChI=1S/C25H26N4O4/c1-32-22-16-28(12-13-29-25(31)19-7-3-2-5-18(19)15-26-29)11-9-21(22)27-24(30)20-8-4-6-17-10-14-33-23(17)20/h2-8,10,14-15,21-22H,9,11-13,16H2,1H3,(H,27,30). The van der Waals surface area contributed by atoms with E-state index in [0.29, 0.717) is 36.2 Å². The van der Waals surface area contributed by atoms with Crippen LogP contribution in [0.2, 0.25) is 0 Å². The first kappa shape index (κ1) is 21.4. The zero-order valence-electron chi connectivity index (χ0n) is 18.4. The number of ether oxygens (including phenoxy) is 1. The van der Waals surface area contributed by atoms with Crippen molar-refractivity contribution in [3.63, 3.8) is 0 Å². The van der Waals surface area contributed by atoms with Crippen molar-refractivity contribution < 1.29 is 13.9 Å². The number of piperidine rings is 1. The Hall–Kier alpha value is -3.49. The molecule has 0 spiro atoms. The Labute approximate surface area is 190 Å². The van der Waals surface area contributed by atoms with Gasteiger partial charge in [0.1, 0.15) is 5.58 Å². The Morgan fingerprint density at radius 3 is 2.88 bits per heavy atom. The topological polar surface area (TPSA) is 89.6 Å². The first-order valence-corrected chi connectivity index (χ1v) is 11.1. The Kier molecular flexibility index (Phi) is 5.93. The number of fused-ring (bicyclic) bond motifs is 2. The Morgan fingerprint density at radius 1 is 1.15 bits per heavy atom. The van der Waals surface area contributed by atoms with Crippen molar-refractivity contribution in [3.8, 4) is 0 Å². The predicted octanol–water partition coefficient (Wildman–Crippen LogP) is 2.66. The summed E-state index contributed by atoms with van der Waals surface area (Å²) in [4.78, 5) is 27.9. The van der Waals surface area contributed by atoms with E-state index in [2.05, 4.69) is 15.3 Å². The monoisotopic (exact) mass is 446 g/mol. The highest BCUT2D eigenvalue weighted by Crippen LogP contribution is 2.21. The minimum atomic E-state index is -0.164. The number of hydrogen-bond acceptors (Lipinski definition) is 6. The van der Waals surface area contributed by atoms with E-state index in [1.807, 2.05) is 42.5 Å². The quantitative estimate of drug-likeness (QED) is 0.490. The van der Waals surface area contributed by atoms with Crippen LogP contribution in [0.5, 0.6) is 0 Å². The SMILES string of the molecule is COC1CN(CCn2ncc3ccccc3c2=O)CCC1NC(=O)c1cccc2ccoc12. The number of hydrogen-bond donors (Lipinski definition) is 1. The number of methoxy groups -OCH3 is 1. The predicted molar refractivity (Wildman–Crippen MR) is 125 cm³/mol. The lowest BCUT2D eigenvalue weighted by atomic mass is 10.0. The van der Waals surface area contributed by atoms with Crippen molar-refractivity contribution in [2.75, 3.05) is 26.7 Å². The maximum Gasteiger partial charge on any atom is 0.274 e. The maximum absolute atomic E-state index is 12.9. The van der Waals surface area contributed by atoms with Crippen molar-refractivity contribution in [1.29, 1.82) is 0 Å². The Bertz CT molecular complexity index is 1350. The van der Waals surface area contributed by atoms with Gasteiger partial charge in [-0.05, 0) is 24.6 Å². The van der Waals surface area contributed by atoms with Crippen LogP contribution in [-0.2, 0) is 11.3 Å². The van der Waals surface area contributed by atoms with Gasteiger partial charge in [-0.3, -0.25) is 14.5 Å². The van der Waals surface area contributed by atoms with Gasteiger partial charge in [0.2, 0.25) is 0 Å². The van der Waals surface area contributed by atoms with Crippen molar-refractivity contribution >= 4 is 27.6 Å². The largest absolute Gasteiger partial charge is 0.464 e. The molecule has 0 radical (unpaired) electrons. The molecule has 1 N–H and O–H groups in total. The van der Waals surface area contributed by atoms with Crippen molar-refractivity contribution in [3.05, 3.63) is 76.9 Å². The molecule has 8 heteroatoms. The molecule has 2 unspecified atom stereocenters. The number of nitrogens with zero attached hydrogens (tertiary/aromatic N) is 3. The molecule has 5 rings (SSSR count). The van der Waals surface area contributed by atoms with E-state index in [9.17, 15) is 9.59 Å². The zero-order chi connectivity index (χ0) is 22.8. The summed E-state index contributed by atoms with van der Waals surface area (Å²) in [6, 6.07) is 14.8. The van der Waals surface area contributed by atoms with Gasteiger partial charge in [-0.1, -0.05) is 30.3 Å². The number of para-hydroxylation sites is 1. The maximum atomic E-state index is 12.9. The minimum absolute atomic E-state index is 0.0781. The van der Waals surface area contributed by atoms with Crippen LogP contribution in [0, 0.1) is 0 Å². The van der Waals surface area contributed by atoms with Crippen LogP contribution >= 0.6 is 0 Å². The van der Waals surface area contributed by atoms with Gasteiger partial charge < -0.3 is 14.5 Å². The van der Waals surface area contributed by atoms with Gasteiger partial charge in [-0.2, -0.15) is 5.10 Å². The van der Waals surface area contributed by atoms with Gasteiger partial charge >= 0.3 is 0 Å². The second-order valence-corrected chi connectivity index (χ2v) is 8.35. The lowest BCUT2D eigenvalue weighted by Crippen LogP contribution is -2.55. The Balaban J connectivity index is 1.22. The van der Waals surface area contributed by atoms with Crippen LogP contribution in [0.4, 0.5) is 0 Å². The third-order valence-electron chi connectivity index (χ3n) is 6.38. The van der Waals surface area contributed by atoms with E-state index < -0.39 is 0 Å². The third kappa shape index (κ3) is 4.27. The number of nitrogens with one attached hydrogen (secondary N) is 1. The van der Waals surface area contributed by atoms with Gasteiger partial charge in [-0.15, -0.1) is 0 Å². The molecule has 1 saturated heterocycles. The molecule has 0 bridgehead atoms. The molecule has 1 fully saturated rings. The molecule has 3 heterocycles. The number of furan rings is 1. The average molecular weight is 447 g/mol. The summed E-state index contributed by atoms with van der Waals surface area (Å²) in [6.07, 6.45) is 3.92. The fraction of sp³-hybridized carbons (Fsp3) is 0.320. The summed E-state index contributed by atoms with van der Waals surface area (Å²) in [5, 5.41) is 9.87. The summed E-state index contributed by atoms with van der Waals surface area (Å²) in [7, 11) is 1.66. The van der Waals surface area contributed by atoms with Crippen LogP contribution < -0.4 is 10.9 Å². The second kappa shape index (κ2) is 9.17. The zero-order valence-corrected chi connectivity index (χ0v) is 18.4. The molecule has 1 aliphatic heterocycles. The van der Waals surface area contributed by atoms with Gasteiger partial charge in [-0.25, -0.2) is 4.68 Å². The molecule has 1 amide bonds. The van der Waals surface area contributed by atoms with Crippen LogP contribution in [-0.4, -0.2) is 59.5 Å². The molecule has 33 heavy (non-hydrogen) atoms. The lowest BCUT2D eigenvalue weighted by molar-refractivity contribution is 0.00522. The van der Waals surface area contributed by atoms with E-state index in [1.54, 1.807) is 25.6 Å². The van der Waals surface area contributed by atoms with Gasteiger partial charge in [0, 0.05) is 37.5 Å². The number of carbonyl (C=O) groups excluding carboxylic acids is 1. The van der Waals surface area contributed by atoms with E-state index in [4.69, 9.17) is 9.15 Å². The van der Waals surface area contributed by atoms with Crippen LogP contribution in [0.3, 0.4) is 0 Å². The molecule has 170 valence electrons. The van der Waals surface area contributed by atoms with Crippen molar-refractivity contribution in [1.82, 2.24) is 20.0 Å². The molecular formula is C25H26N4O4. The van der Waals surface area contributed by atoms with Gasteiger partial charge in [0.05, 0.1) is 42.1 Å². The highest BCUT2D eigenvalue weighted by Gasteiger charge is 2.31. The lowest BCUT2D eigenvalue weighted by Gasteiger charge is -2.38. The van der Waals surface area contributed by atoms with E-state index in [0.717, 1.165) is 23.7 Å². The van der Waals surface area contributed by atoms with E-state index in [-0.39, 0.29) is 23.6 Å². The van der Waals surface area contributed by atoms with Crippen LogP contribution in [0.15, 0.2) is 70.2 Å². The van der Waals surface area contributed by atoms with Crippen LogP contribution in [0.1, 0.15) is 16.8 Å². The summed E-state index contributed by atoms with van der Waals surface area (Å²) in [6.45, 7) is 2.63. The van der Waals surface area contributed by atoms with E-state index in [1.165, 1.54) is 4.68 Å². The number of benzene rings is 2. The average Bonchev–Trinajstić information content (AvgIpc) is 3.33. The van der Waals surface area contributed by atoms with Crippen molar-refractivity contribution in [2.24, 2.45) is 0 Å². The molecule has 4 aromatic rings. The summed E-state index contributed by atoms with van der Waals surface area (Å²) >= 11 is 0. The summed E-state index contributed by atoms with van der Waals surface area (Å²) < 4.78 is 12.7. The molecule has 2 aromatic carbocycles. The number of rotatable bonds is 6. The fourth-order valence-electron chi connectivity index (χ4n) is 4.53. The first-order chi connectivity index (χ1) is 16.1. The Morgan fingerprint density at radius 2 is 2.00 bits per heavy atom. The van der Waals surface area contributed by atoms with E-state index >= 15 is 0 Å². The fourth-order valence-corrected chi connectivity index (χ4v) is 4.53. The molecule has 1 aliphatic rings. The normalized spacial score (nSPS) is 19.2. The minimum Gasteiger partial charge on any atom is -0.464 e. The summed E-state index contributed by atoms with van der Waals surface area (Å²) in [5.41, 5.74) is 1.04. The molecule has 8 nitrogen and oxygen atoms in total. The third-order valence-corrected chi connectivity index (χ3v) is 6.38. The number of likely N-dealkylation sites (tertiary alicyclic amines) is 1. The number of aromatic nitrogens is 2. The van der Waals surface area contributed by atoms with Gasteiger partial charge in [0.15, 0.2) is 0 Å². The van der Waals surface area contributed by atoms with Crippen molar-refractivity contribution in [2.45, 2.75) is 25.1 Å². The van der Waals surface area contributed by atoms with Crippen LogP contribution in [0.25, 0.3) is 21.7 Å². The second-order valence-electron chi connectivity index (χ2n) is 8.35. The smallest absolute Gasteiger partial charge is 0.274 e. The first-order valence-electron chi connectivity index (χ1n) is 11.1. The number of carbonyl (C=O) groups is 1. The molecule has 0 aliphatic carbocycles. The van der Waals surface area contributed by atoms with Gasteiger partial charge in [0.25, 0.3) is 11.5 Å².